The predicted molar refractivity (Wildman–Crippen MR) is 95.3 cm³/mol. The molecule has 2 amide bonds. The molecule has 25 heavy (non-hydrogen) atoms. The van der Waals surface area contributed by atoms with Crippen LogP contribution in [0.25, 0.3) is 5.69 Å². The summed E-state index contributed by atoms with van der Waals surface area (Å²) in [4.78, 5) is 25.5. The van der Waals surface area contributed by atoms with Crippen molar-refractivity contribution in [1.82, 2.24) is 19.7 Å². The van der Waals surface area contributed by atoms with Gasteiger partial charge in [-0.25, -0.2) is 0 Å². The zero-order valence-electron chi connectivity index (χ0n) is 14.1. The van der Waals surface area contributed by atoms with E-state index in [9.17, 15) is 9.59 Å². The van der Waals surface area contributed by atoms with Gasteiger partial charge in [0.05, 0.1) is 11.7 Å². The normalized spacial score (nSPS) is 17.5. The number of hydrogen-bond donors (Lipinski definition) is 1. The number of carbonyl (C=O) groups is 2. The van der Waals surface area contributed by atoms with Crippen LogP contribution in [0.15, 0.2) is 35.7 Å². The van der Waals surface area contributed by atoms with Crippen molar-refractivity contribution in [3.63, 3.8) is 0 Å². The van der Waals surface area contributed by atoms with Crippen molar-refractivity contribution < 1.29 is 9.59 Å². The molecule has 1 aromatic heterocycles. The van der Waals surface area contributed by atoms with E-state index in [1.165, 1.54) is 17.3 Å². The third kappa shape index (κ3) is 4.19. The van der Waals surface area contributed by atoms with Crippen LogP contribution in [0.3, 0.4) is 0 Å². The standard InChI is InChI=1S/C17H21N5O2S/c1-12-4-6-14(7-5-12)22-11-19-20-17(22)25-10-15(23)21-8-2-3-13(9-21)16(18)24/h4-7,11,13H,2-3,8-10H2,1H3,(H2,18,24). The molecule has 1 saturated heterocycles. The number of hydrogen-bond acceptors (Lipinski definition) is 5. The van der Waals surface area contributed by atoms with E-state index in [0.717, 1.165) is 18.5 Å². The molecule has 1 aliphatic heterocycles. The molecule has 1 aliphatic rings. The molecule has 0 aliphatic carbocycles. The third-order valence-electron chi connectivity index (χ3n) is 4.33. The van der Waals surface area contributed by atoms with Gasteiger partial charge in [0.1, 0.15) is 6.33 Å². The second-order valence-corrected chi connectivity index (χ2v) is 7.13. The van der Waals surface area contributed by atoms with Crippen LogP contribution in [0.4, 0.5) is 0 Å². The van der Waals surface area contributed by atoms with Gasteiger partial charge in [0.15, 0.2) is 5.16 Å². The minimum Gasteiger partial charge on any atom is -0.369 e. The van der Waals surface area contributed by atoms with Gasteiger partial charge in [0.2, 0.25) is 11.8 Å². The first-order valence-electron chi connectivity index (χ1n) is 8.21. The lowest BCUT2D eigenvalue weighted by molar-refractivity contribution is -0.132. The van der Waals surface area contributed by atoms with Crippen molar-refractivity contribution in [2.45, 2.75) is 24.9 Å². The highest BCUT2D eigenvalue weighted by molar-refractivity contribution is 7.99. The highest BCUT2D eigenvalue weighted by Crippen LogP contribution is 2.22. The molecule has 0 bridgehead atoms. The van der Waals surface area contributed by atoms with Crippen molar-refractivity contribution in [1.29, 1.82) is 0 Å². The molecule has 8 heteroatoms. The Morgan fingerprint density at radius 1 is 1.32 bits per heavy atom. The average molecular weight is 359 g/mol. The highest BCUT2D eigenvalue weighted by Gasteiger charge is 2.27. The highest BCUT2D eigenvalue weighted by atomic mass is 32.2. The lowest BCUT2D eigenvalue weighted by atomic mass is 9.97. The summed E-state index contributed by atoms with van der Waals surface area (Å²) in [5.41, 5.74) is 7.50. The zero-order valence-corrected chi connectivity index (χ0v) is 14.9. The van der Waals surface area contributed by atoms with E-state index in [2.05, 4.69) is 10.2 Å². The van der Waals surface area contributed by atoms with Crippen LogP contribution in [0, 0.1) is 12.8 Å². The molecule has 132 valence electrons. The maximum Gasteiger partial charge on any atom is 0.233 e. The van der Waals surface area contributed by atoms with E-state index >= 15 is 0 Å². The molecule has 0 radical (unpaired) electrons. The number of primary amides is 1. The first kappa shape index (κ1) is 17.5. The number of thioether (sulfide) groups is 1. The van der Waals surface area contributed by atoms with Gasteiger partial charge in [-0.15, -0.1) is 10.2 Å². The lowest BCUT2D eigenvalue weighted by Crippen LogP contribution is -2.44. The Morgan fingerprint density at radius 3 is 2.80 bits per heavy atom. The van der Waals surface area contributed by atoms with E-state index in [1.807, 2.05) is 35.8 Å². The third-order valence-corrected chi connectivity index (χ3v) is 5.26. The number of nitrogens with zero attached hydrogens (tertiary/aromatic N) is 4. The fourth-order valence-corrected chi connectivity index (χ4v) is 3.69. The number of aryl methyl sites for hydroxylation is 1. The number of rotatable bonds is 5. The molecule has 1 fully saturated rings. The Kier molecular flexibility index (Phi) is 5.37. The second-order valence-electron chi connectivity index (χ2n) is 6.19. The average Bonchev–Trinajstić information content (AvgIpc) is 3.09. The number of piperidine rings is 1. The molecule has 2 heterocycles. The number of aromatic nitrogens is 3. The zero-order chi connectivity index (χ0) is 17.8. The van der Waals surface area contributed by atoms with E-state index in [0.29, 0.717) is 18.2 Å². The van der Waals surface area contributed by atoms with Gasteiger partial charge in [-0.1, -0.05) is 29.5 Å². The van der Waals surface area contributed by atoms with Gasteiger partial charge in [-0.2, -0.15) is 0 Å². The molecule has 2 aromatic rings. The van der Waals surface area contributed by atoms with Crippen LogP contribution in [0.5, 0.6) is 0 Å². The Labute approximate surface area is 150 Å². The summed E-state index contributed by atoms with van der Waals surface area (Å²) in [6.45, 7) is 3.12. The molecule has 0 saturated carbocycles. The second kappa shape index (κ2) is 7.69. The van der Waals surface area contributed by atoms with E-state index < -0.39 is 0 Å². The van der Waals surface area contributed by atoms with Crippen LogP contribution >= 0.6 is 11.8 Å². The molecule has 3 rings (SSSR count). The monoisotopic (exact) mass is 359 g/mol. The van der Waals surface area contributed by atoms with E-state index in [4.69, 9.17) is 5.73 Å². The van der Waals surface area contributed by atoms with Crippen molar-refractivity contribution in [2.24, 2.45) is 11.7 Å². The van der Waals surface area contributed by atoms with Crippen LogP contribution < -0.4 is 5.73 Å². The number of nitrogens with two attached hydrogens (primary N) is 1. The maximum atomic E-state index is 12.4. The van der Waals surface area contributed by atoms with Crippen molar-refractivity contribution in [3.8, 4) is 5.69 Å². The number of carbonyl (C=O) groups excluding carboxylic acids is 2. The molecule has 0 spiro atoms. The summed E-state index contributed by atoms with van der Waals surface area (Å²) in [6, 6.07) is 8.03. The molecule has 7 nitrogen and oxygen atoms in total. The molecule has 1 unspecified atom stereocenters. The smallest absolute Gasteiger partial charge is 0.233 e. The quantitative estimate of drug-likeness (QED) is 0.814. The fraction of sp³-hybridized carbons (Fsp3) is 0.412. The van der Waals surface area contributed by atoms with Crippen molar-refractivity contribution in [3.05, 3.63) is 36.2 Å². The molecular weight excluding hydrogens is 338 g/mol. The number of likely N-dealkylation sites (tertiary alicyclic amines) is 1. The molecule has 2 N–H and O–H groups in total. The molecule has 1 aromatic carbocycles. The molecular formula is C17H21N5O2S. The van der Waals surface area contributed by atoms with Crippen LogP contribution in [-0.2, 0) is 9.59 Å². The van der Waals surface area contributed by atoms with Crippen LogP contribution in [0.1, 0.15) is 18.4 Å². The van der Waals surface area contributed by atoms with Gasteiger partial charge in [0.25, 0.3) is 0 Å². The summed E-state index contributed by atoms with van der Waals surface area (Å²) in [5.74, 6) is -0.312. The first-order chi connectivity index (χ1) is 12.0. The van der Waals surface area contributed by atoms with Crippen molar-refractivity contribution >= 4 is 23.6 Å². The van der Waals surface area contributed by atoms with Gasteiger partial charge >= 0.3 is 0 Å². The summed E-state index contributed by atoms with van der Waals surface area (Å²) < 4.78 is 1.86. The Balaban J connectivity index is 1.62. The van der Waals surface area contributed by atoms with Gasteiger partial charge < -0.3 is 10.6 Å². The Hall–Kier alpha value is -2.35. The summed E-state index contributed by atoms with van der Waals surface area (Å²) in [5, 5.41) is 8.73. The van der Waals surface area contributed by atoms with Crippen molar-refractivity contribution in [2.75, 3.05) is 18.8 Å². The minimum absolute atomic E-state index is 0.00518. The maximum absolute atomic E-state index is 12.4. The lowest BCUT2D eigenvalue weighted by Gasteiger charge is -2.31. The molecule has 1 atom stereocenters. The van der Waals surface area contributed by atoms with Crippen LogP contribution in [-0.4, -0.2) is 50.3 Å². The predicted octanol–water partition coefficient (Wildman–Crippen LogP) is 1.39. The largest absolute Gasteiger partial charge is 0.369 e. The van der Waals surface area contributed by atoms with E-state index in [1.54, 1.807) is 11.2 Å². The SMILES string of the molecule is Cc1ccc(-n2cnnc2SCC(=O)N2CCCC(C(N)=O)C2)cc1. The summed E-state index contributed by atoms with van der Waals surface area (Å²) in [6.07, 6.45) is 3.21. The minimum atomic E-state index is -0.329. The van der Waals surface area contributed by atoms with Gasteiger partial charge in [-0.3, -0.25) is 14.2 Å². The topological polar surface area (TPSA) is 94.1 Å². The number of amides is 2. The number of benzene rings is 1. The van der Waals surface area contributed by atoms with Crippen LogP contribution in [0.2, 0.25) is 0 Å². The van der Waals surface area contributed by atoms with Gasteiger partial charge in [0, 0.05) is 18.8 Å². The fourth-order valence-electron chi connectivity index (χ4n) is 2.86. The van der Waals surface area contributed by atoms with E-state index in [-0.39, 0.29) is 23.5 Å². The Morgan fingerprint density at radius 2 is 2.08 bits per heavy atom. The first-order valence-corrected chi connectivity index (χ1v) is 9.20. The summed E-state index contributed by atoms with van der Waals surface area (Å²) >= 11 is 1.35. The van der Waals surface area contributed by atoms with Gasteiger partial charge in [-0.05, 0) is 31.9 Å². The summed E-state index contributed by atoms with van der Waals surface area (Å²) in [7, 11) is 0. The Bertz CT molecular complexity index is 759.